The summed E-state index contributed by atoms with van der Waals surface area (Å²) in [4.78, 5) is 37.7. The SMILES string of the molecule is Cc1c(Nc2nc3ccccc3s2)nnc2c1CCCN2c1ccc(-c2cnn(CC34CC5(C)CC(C)(CC(CCCN(C)CCC(=O)O)(C5)C3)C4)c2C)c(C(=O)O)n1. The fraction of sp³-hybridized carbons (Fsp3) is 0.533. The number of pyridine rings is 1. The zero-order chi connectivity index (χ0) is 41.3. The number of nitrogens with one attached hydrogen (secondary N) is 1. The zero-order valence-electron chi connectivity index (χ0n) is 34.8. The summed E-state index contributed by atoms with van der Waals surface area (Å²) in [5, 5.41) is 38.1. The van der Waals surface area contributed by atoms with Gasteiger partial charge in [-0.2, -0.15) is 5.10 Å². The highest BCUT2D eigenvalue weighted by Crippen LogP contribution is 2.75. The predicted octanol–water partition coefficient (Wildman–Crippen LogP) is 9.04. The van der Waals surface area contributed by atoms with Crippen LogP contribution < -0.4 is 10.2 Å². The van der Waals surface area contributed by atoms with Gasteiger partial charge in [0, 0.05) is 47.6 Å². The number of anilines is 4. The molecule has 13 nitrogen and oxygen atoms in total. The Kier molecular flexibility index (Phi) is 9.81. The molecule has 14 heteroatoms. The molecule has 5 heterocycles. The molecule has 0 amide bonds. The second-order valence-electron chi connectivity index (χ2n) is 19.2. The van der Waals surface area contributed by atoms with Crippen molar-refractivity contribution in [2.75, 3.05) is 36.9 Å². The first kappa shape index (κ1) is 39.5. The molecule has 4 bridgehead atoms. The summed E-state index contributed by atoms with van der Waals surface area (Å²) in [6, 6.07) is 11.8. The minimum atomic E-state index is -1.08. The van der Waals surface area contributed by atoms with E-state index in [1.54, 1.807) is 11.3 Å². The number of aromatic nitrogens is 6. The van der Waals surface area contributed by atoms with E-state index < -0.39 is 11.9 Å². The number of para-hydroxylation sites is 1. The number of carboxylic acid groups (broad SMARTS) is 2. The third kappa shape index (κ3) is 7.47. The van der Waals surface area contributed by atoms with Crippen molar-refractivity contribution in [1.82, 2.24) is 34.8 Å². The van der Waals surface area contributed by atoms with E-state index in [4.69, 9.17) is 20.2 Å². The number of benzene rings is 1. The van der Waals surface area contributed by atoms with E-state index in [2.05, 4.69) is 51.9 Å². The van der Waals surface area contributed by atoms with Crippen molar-refractivity contribution >= 4 is 56.1 Å². The summed E-state index contributed by atoms with van der Waals surface area (Å²) in [6.45, 7) is 12.1. The number of hydrogen-bond acceptors (Lipinski definition) is 11. The highest BCUT2D eigenvalue weighted by Gasteiger charge is 2.65. The van der Waals surface area contributed by atoms with Gasteiger partial charge in [0.15, 0.2) is 22.5 Å². The second kappa shape index (κ2) is 14.6. The van der Waals surface area contributed by atoms with Crippen molar-refractivity contribution in [3.63, 3.8) is 0 Å². The van der Waals surface area contributed by atoms with Gasteiger partial charge >= 0.3 is 11.9 Å². The van der Waals surface area contributed by atoms with Crippen LogP contribution in [-0.2, 0) is 17.8 Å². The lowest BCUT2D eigenvalue weighted by atomic mass is 9.35. The van der Waals surface area contributed by atoms with E-state index in [0.29, 0.717) is 36.1 Å². The molecule has 4 aliphatic carbocycles. The van der Waals surface area contributed by atoms with Gasteiger partial charge in [0.05, 0.1) is 22.8 Å². The molecule has 10 rings (SSSR count). The van der Waals surface area contributed by atoms with Crippen molar-refractivity contribution in [3.8, 4) is 11.1 Å². The maximum Gasteiger partial charge on any atom is 0.355 e. The molecular weight excluding hydrogens is 763 g/mol. The molecule has 4 fully saturated rings. The van der Waals surface area contributed by atoms with Crippen LogP contribution >= 0.6 is 11.3 Å². The molecule has 3 N–H and O–H groups in total. The quantitative estimate of drug-likeness (QED) is 0.0976. The van der Waals surface area contributed by atoms with Gasteiger partial charge in [-0.25, -0.2) is 14.8 Å². The van der Waals surface area contributed by atoms with Crippen LogP contribution in [0.3, 0.4) is 0 Å². The molecule has 1 aliphatic heterocycles. The molecule has 2 unspecified atom stereocenters. The molecule has 1 aromatic carbocycles. The highest BCUT2D eigenvalue weighted by atomic mass is 32.1. The van der Waals surface area contributed by atoms with Gasteiger partial charge in [-0.15, -0.1) is 10.2 Å². The number of aliphatic carboxylic acids is 1. The molecule has 0 spiro atoms. The van der Waals surface area contributed by atoms with Gasteiger partial charge in [-0.1, -0.05) is 37.3 Å². The lowest BCUT2D eigenvalue weighted by Gasteiger charge is -2.70. The summed E-state index contributed by atoms with van der Waals surface area (Å²) in [7, 11) is 2.03. The van der Waals surface area contributed by atoms with Gasteiger partial charge in [-0.05, 0) is 138 Å². The largest absolute Gasteiger partial charge is 0.481 e. The number of rotatable bonds is 14. The van der Waals surface area contributed by atoms with Gasteiger partial charge in [0.25, 0.3) is 0 Å². The van der Waals surface area contributed by atoms with Crippen molar-refractivity contribution in [2.24, 2.45) is 21.7 Å². The smallest absolute Gasteiger partial charge is 0.355 e. The Labute approximate surface area is 349 Å². The average molecular weight is 818 g/mol. The van der Waals surface area contributed by atoms with E-state index >= 15 is 0 Å². The topological polar surface area (TPSA) is 162 Å². The molecule has 310 valence electrons. The molecule has 59 heavy (non-hydrogen) atoms. The fourth-order valence-corrected chi connectivity index (χ4v) is 13.7. The van der Waals surface area contributed by atoms with E-state index in [-0.39, 0.29) is 33.8 Å². The Morgan fingerprint density at radius 2 is 1.68 bits per heavy atom. The standard InChI is InChI=1S/C45H55N9O4S/c1-28-30-10-8-18-53(39(30)51-50-38(28)49-41-47-33-11-6-7-12-34(33)59-41)35-14-13-31(37(48-35)40(57)58)32-20-46-54(29(32)2)27-45-24-42(3)21-43(4,25-45)23-44(22-42,26-45)16-9-17-52(5)19-15-36(55)56/h6-7,11-14,20H,8-10,15-19,21-27H2,1-5H3,(H,55,56)(H,57,58)(H,47,49,50). The van der Waals surface area contributed by atoms with Crippen LogP contribution in [-0.4, -0.2) is 83.7 Å². The van der Waals surface area contributed by atoms with E-state index in [9.17, 15) is 14.7 Å². The van der Waals surface area contributed by atoms with Crippen LogP contribution in [0.15, 0.2) is 42.6 Å². The van der Waals surface area contributed by atoms with E-state index in [1.165, 1.54) is 38.5 Å². The summed E-state index contributed by atoms with van der Waals surface area (Å²) in [5.74, 6) is 0.0678. The summed E-state index contributed by atoms with van der Waals surface area (Å²) in [5.41, 5.74) is 6.25. The van der Waals surface area contributed by atoms with Crippen molar-refractivity contribution < 1.29 is 19.8 Å². The van der Waals surface area contributed by atoms with Crippen molar-refractivity contribution in [2.45, 2.75) is 105 Å². The molecule has 0 radical (unpaired) electrons. The Morgan fingerprint density at radius 1 is 0.915 bits per heavy atom. The first-order chi connectivity index (χ1) is 28.1. The minimum Gasteiger partial charge on any atom is -0.481 e. The van der Waals surface area contributed by atoms with Gasteiger partial charge in [-0.3, -0.25) is 9.48 Å². The van der Waals surface area contributed by atoms with Crippen LogP contribution in [0.2, 0.25) is 0 Å². The van der Waals surface area contributed by atoms with Crippen LogP contribution in [0.5, 0.6) is 0 Å². The van der Waals surface area contributed by atoms with Crippen molar-refractivity contribution in [3.05, 3.63) is 65.1 Å². The molecule has 2 atom stereocenters. The number of carboxylic acids is 2. The van der Waals surface area contributed by atoms with Crippen molar-refractivity contribution in [1.29, 1.82) is 0 Å². The number of thiazole rings is 1. The first-order valence-corrected chi connectivity index (χ1v) is 21.9. The normalized spacial score (nSPS) is 25.8. The van der Waals surface area contributed by atoms with Crippen LogP contribution in [0.1, 0.15) is 105 Å². The number of fused-ring (bicyclic) bond motifs is 2. The Morgan fingerprint density at radius 3 is 2.42 bits per heavy atom. The third-order valence-corrected chi connectivity index (χ3v) is 14.9. The van der Waals surface area contributed by atoms with Gasteiger partial charge in [0.1, 0.15) is 5.82 Å². The summed E-state index contributed by atoms with van der Waals surface area (Å²) < 4.78 is 3.24. The Balaban J connectivity index is 0.952. The predicted molar refractivity (Wildman–Crippen MR) is 230 cm³/mol. The lowest BCUT2D eigenvalue weighted by Crippen LogP contribution is -2.60. The molecule has 0 saturated heterocycles. The van der Waals surface area contributed by atoms with Gasteiger partial charge in [0.2, 0.25) is 0 Å². The number of carbonyl (C=O) groups is 2. The molecule has 4 saturated carbocycles. The monoisotopic (exact) mass is 817 g/mol. The maximum atomic E-state index is 13.0. The second-order valence-corrected chi connectivity index (χ2v) is 20.3. The molecular formula is C45H55N9O4S. The van der Waals surface area contributed by atoms with Crippen LogP contribution in [0.25, 0.3) is 21.3 Å². The fourth-order valence-electron chi connectivity index (χ4n) is 12.9. The number of aromatic carboxylic acids is 1. The number of hydrogen-bond donors (Lipinski definition) is 3. The van der Waals surface area contributed by atoms with Crippen LogP contribution in [0, 0.1) is 35.5 Å². The zero-order valence-corrected chi connectivity index (χ0v) is 35.7. The van der Waals surface area contributed by atoms with Crippen LogP contribution in [0.4, 0.5) is 22.6 Å². The molecule has 4 aromatic heterocycles. The first-order valence-electron chi connectivity index (χ1n) is 21.1. The number of nitrogens with zero attached hydrogens (tertiary/aromatic N) is 8. The Hall–Kier alpha value is -4.95. The lowest BCUT2D eigenvalue weighted by molar-refractivity contribution is -0.198. The highest BCUT2D eigenvalue weighted by molar-refractivity contribution is 7.22. The Bertz CT molecular complexity index is 2410. The maximum absolute atomic E-state index is 13.0. The average Bonchev–Trinajstić information content (AvgIpc) is 3.74. The van der Waals surface area contributed by atoms with E-state index in [0.717, 1.165) is 76.5 Å². The van der Waals surface area contributed by atoms with E-state index in [1.807, 2.05) is 55.4 Å². The molecule has 5 aromatic rings. The summed E-state index contributed by atoms with van der Waals surface area (Å²) in [6.07, 6.45) is 13.3. The van der Waals surface area contributed by atoms with Gasteiger partial charge < -0.3 is 25.3 Å². The minimum absolute atomic E-state index is 0.00169. The third-order valence-electron chi connectivity index (χ3n) is 13.9. The molecule has 5 aliphatic rings. The summed E-state index contributed by atoms with van der Waals surface area (Å²) >= 11 is 1.57.